The summed E-state index contributed by atoms with van der Waals surface area (Å²) < 4.78 is 0. The second kappa shape index (κ2) is 5.95. The minimum Gasteiger partial charge on any atom is -0.320 e. The first-order chi connectivity index (χ1) is 13.6. The average molecular weight is 368 g/mol. The van der Waals surface area contributed by atoms with Gasteiger partial charge in [-0.15, -0.1) is 10.2 Å². The Morgan fingerprint density at radius 3 is 1.93 bits per heavy atom. The van der Waals surface area contributed by atoms with E-state index in [4.69, 9.17) is 0 Å². The quantitative estimate of drug-likeness (QED) is 0.431. The SMILES string of the molecule is O=C1Nc2ccc([N+](=O)[O-])cc2/C1=N\N=C1c2ccccc2-c2ccccc21. The molecule has 3 aromatic carbocycles. The maximum atomic E-state index is 12.3. The van der Waals surface area contributed by atoms with Gasteiger partial charge in [-0.25, -0.2) is 0 Å². The molecule has 0 spiro atoms. The number of fused-ring (bicyclic) bond motifs is 4. The molecule has 7 nitrogen and oxygen atoms in total. The molecule has 0 atom stereocenters. The number of anilines is 1. The molecular formula is C21H12N4O3. The Morgan fingerprint density at radius 1 is 0.750 bits per heavy atom. The van der Waals surface area contributed by atoms with Gasteiger partial charge in [-0.1, -0.05) is 48.5 Å². The number of hydrogen-bond acceptors (Lipinski definition) is 5. The van der Waals surface area contributed by atoms with E-state index < -0.39 is 10.8 Å². The number of carbonyl (C=O) groups excluding carboxylic acids is 1. The van der Waals surface area contributed by atoms with Crippen LogP contribution in [0.15, 0.2) is 76.9 Å². The molecule has 0 aromatic heterocycles. The number of hydrogen-bond donors (Lipinski definition) is 1. The van der Waals surface area contributed by atoms with Crippen LogP contribution in [0.4, 0.5) is 11.4 Å². The van der Waals surface area contributed by atoms with Crippen LogP contribution in [0.2, 0.25) is 0 Å². The Kier molecular flexibility index (Phi) is 3.42. The molecule has 0 saturated heterocycles. The first-order valence-electron chi connectivity index (χ1n) is 8.58. The summed E-state index contributed by atoms with van der Waals surface area (Å²) in [4.78, 5) is 22.9. The van der Waals surface area contributed by atoms with Crippen LogP contribution >= 0.6 is 0 Å². The normalized spacial score (nSPS) is 15.1. The van der Waals surface area contributed by atoms with Crippen LogP contribution in [0.3, 0.4) is 0 Å². The average Bonchev–Trinajstić information content (AvgIpc) is 3.20. The zero-order valence-electron chi connectivity index (χ0n) is 14.4. The van der Waals surface area contributed by atoms with Gasteiger partial charge in [0.2, 0.25) is 0 Å². The third-order valence-corrected chi connectivity index (χ3v) is 4.84. The Hall–Kier alpha value is -4.13. The third-order valence-electron chi connectivity index (χ3n) is 4.84. The highest BCUT2D eigenvalue weighted by Crippen LogP contribution is 2.37. The summed E-state index contributed by atoms with van der Waals surface area (Å²) in [6.45, 7) is 0. The van der Waals surface area contributed by atoms with Crippen molar-refractivity contribution in [2.24, 2.45) is 10.2 Å². The minimum absolute atomic E-state index is 0.0630. The number of nitrogens with zero attached hydrogens (tertiary/aromatic N) is 3. The fourth-order valence-corrected chi connectivity index (χ4v) is 3.56. The van der Waals surface area contributed by atoms with Crippen LogP contribution in [-0.2, 0) is 4.79 Å². The molecule has 134 valence electrons. The second-order valence-electron chi connectivity index (χ2n) is 6.43. The van der Waals surface area contributed by atoms with Crippen molar-refractivity contribution in [2.75, 3.05) is 5.32 Å². The molecule has 1 aliphatic carbocycles. The lowest BCUT2D eigenvalue weighted by molar-refractivity contribution is -0.384. The first kappa shape index (κ1) is 16.1. The van der Waals surface area contributed by atoms with Crippen molar-refractivity contribution in [3.05, 3.63) is 93.5 Å². The summed E-state index contributed by atoms with van der Waals surface area (Å²) in [6.07, 6.45) is 0. The fourth-order valence-electron chi connectivity index (χ4n) is 3.56. The van der Waals surface area contributed by atoms with Crippen molar-refractivity contribution >= 4 is 28.7 Å². The van der Waals surface area contributed by atoms with Crippen molar-refractivity contribution in [1.29, 1.82) is 0 Å². The highest BCUT2D eigenvalue weighted by atomic mass is 16.6. The summed E-state index contributed by atoms with van der Waals surface area (Å²) in [6, 6.07) is 19.9. The van der Waals surface area contributed by atoms with E-state index >= 15 is 0 Å². The lowest BCUT2D eigenvalue weighted by Gasteiger charge is -1.99. The topological polar surface area (TPSA) is 97.0 Å². The van der Waals surface area contributed by atoms with Crippen LogP contribution in [-0.4, -0.2) is 22.3 Å². The van der Waals surface area contributed by atoms with Crippen molar-refractivity contribution < 1.29 is 9.72 Å². The zero-order chi connectivity index (χ0) is 19.3. The number of nitrogens with one attached hydrogen (secondary N) is 1. The fraction of sp³-hybridized carbons (Fsp3) is 0. The minimum atomic E-state index is -0.504. The standard InChI is InChI=1S/C21H12N4O3/c26-21-20(17-11-12(25(27)28)9-10-18(17)22-21)24-23-19-15-7-3-1-5-13(15)14-6-2-4-8-16(14)19/h1-11H,(H,22,24,26). The van der Waals surface area contributed by atoms with Crippen LogP contribution < -0.4 is 5.32 Å². The monoisotopic (exact) mass is 368 g/mol. The molecule has 28 heavy (non-hydrogen) atoms. The molecule has 7 heteroatoms. The molecule has 0 radical (unpaired) electrons. The van der Waals surface area contributed by atoms with E-state index in [0.717, 1.165) is 22.3 Å². The number of rotatable bonds is 2. The van der Waals surface area contributed by atoms with E-state index in [2.05, 4.69) is 15.5 Å². The van der Waals surface area contributed by atoms with E-state index in [-0.39, 0.29) is 11.4 Å². The molecule has 1 heterocycles. The van der Waals surface area contributed by atoms with Crippen LogP contribution in [0.5, 0.6) is 0 Å². The molecule has 0 saturated carbocycles. The lowest BCUT2D eigenvalue weighted by Crippen LogP contribution is -2.14. The van der Waals surface area contributed by atoms with Crippen LogP contribution in [0.25, 0.3) is 11.1 Å². The zero-order valence-corrected chi connectivity index (χ0v) is 14.4. The maximum Gasteiger partial charge on any atom is 0.276 e. The summed E-state index contributed by atoms with van der Waals surface area (Å²) in [5, 5.41) is 22.3. The van der Waals surface area contributed by atoms with Gasteiger partial charge in [-0.3, -0.25) is 14.9 Å². The maximum absolute atomic E-state index is 12.3. The van der Waals surface area contributed by atoms with Gasteiger partial charge in [0.15, 0.2) is 5.71 Å². The molecule has 0 unspecified atom stereocenters. The Morgan fingerprint density at radius 2 is 1.32 bits per heavy atom. The molecule has 3 aromatic rings. The van der Waals surface area contributed by atoms with Crippen molar-refractivity contribution in [2.45, 2.75) is 0 Å². The van der Waals surface area contributed by atoms with Gasteiger partial charge in [0.05, 0.1) is 10.6 Å². The Bertz CT molecular complexity index is 1200. The van der Waals surface area contributed by atoms with E-state index in [1.807, 2.05) is 48.5 Å². The van der Waals surface area contributed by atoms with E-state index in [9.17, 15) is 14.9 Å². The number of non-ortho nitro benzene ring substituents is 1. The number of amides is 1. The predicted molar refractivity (Wildman–Crippen MR) is 106 cm³/mol. The predicted octanol–water partition coefficient (Wildman–Crippen LogP) is 3.77. The van der Waals surface area contributed by atoms with Gasteiger partial charge in [0.1, 0.15) is 5.71 Å². The molecular weight excluding hydrogens is 356 g/mol. The van der Waals surface area contributed by atoms with Crippen molar-refractivity contribution in [3.63, 3.8) is 0 Å². The third kappa shape index (κ3) is 2.34. The molecule has 0 bridgehead atoms. The molecule has 2 aliphatic rings. The Balaban J connectivity index is 1.66. The molecule has 1 amide bonds. The number of carbonyl (C=O) groups is 1. The van der Waals surface area contributed by atoms with Crippen molar-refractivity contribution in [1.82, 2.24) is 0 Å². The number of benzene rings is 3. The first-order valence-corrected chi connectivity index (χ1v) is 8.58. The van der Waals surface area contributed by atoms with Gasteiger partial charge in [0.25, 0.3) is 11.6 Å². The number of nitro benzene ring substituents is 1. The van der Waals surface area contributed by atoms with Crippen LogP contribution in [0.1, 0.15) is 16.7 Å². The molecule has 1 N–H and O–H groups in total. The smallest absolute Gasteiger partial charge is 0.276 e. The molecule has 1 aliphatic heterocycles. The largest absolute Gasteiger partial charge is 0.320 e. The summed E-state index contributed by atoms with van der Waals surface area (Å²) in [5.41, 5.74) is 5.49. The molecule has 0 fully saturated rings. The highest BCUT2D eigenvalue weighted by Gasteiger charge is 2.29. The summed E-state index contributed by atoms with van der Waals surface area (Å²) in [5.74, 6) is -0.431. The van der Waals surface area contributed by atoms with Gasteiger partial charge < -0.3 is 5.32 Å². The van der Waals surface area contributed by atoms with Crippen LogP contribution in [0, 0.1) is 10.1 Å². The van der Waals surface area contributed by atoms with E-state index in [1.165, 1.54) is 18.2 Å². The second-order valence-corrected chi connectivity index (χ2v) is 6.43. The Labute approximate surface area is 159 Å². The van der Waals surface area contributed by atoms with Gasteiger partial charge >= 0.3 is 0 Å². The highest BCUT2D eigenvalue weighted by molar-refractivity contribution is 6.54. The van der Waals surface area contributed by atoms with Crippen molar-refractivity contribution in [3.8, 4) is 11.1 Å². The van der Waals surface area contributed by atoms with Gasteiger partial charge in [-0.05, 0) is 17.2 Å². The summed E-state index contributed by atoms with van der Waals surface area (Å²) in [7, 11) is 0. The lowest BCUT2D eigenvalue weighted by atomic mass is 10.1. The van der Waals surface area contributed by atoms with Gasteiger partial charge in [-0.2, -0.15) is 0 Å². The van der Waals surface area contributed by atoms with E-state index in [0.29, 0.717) is 17.0 Å². The molecule has 5 rings (SSSR count). The number of nitro groups is 1. The van der Waals surface area contributed by atoms with E-state index in [1.54, 1.807) is 0 Å². The van der Waals surface area contributed by atoms with Gasteiger partial charge in [0, 0.05) is 28.8 Å². The summed E-state index contributed by atoms with van der Waals surface area (Å²) >= 11 is 0.